The van der Waals surface area contributed by atoms with E-state index in [1.165, 1.54) is 12.1 Å². The SMILES string of the molecule is NC(=O)c1cccc(NC(=O)c2cc(Cl)c(Cl)[nH]2)c1. The van der Waals surface area contributed by atoms with Crippen LogP contribution in [0.1, 0.15) is 20.8 Å². The Morgan fingerprint density at radius 3 is 2.53 bits per heavy atom. The zero-order valence-electron chi connectivity index (χ0n) is 9.54. The molecule has 0 unspecified atom stereocenters. The van der Waals surface area contributed by atoms with Crippen LogP contribution in [0.5, 0.6) is 0 Å². The Morgan fingerprint density at radius 2 is 1.95 bits per heavy atom. The van der Waals surface area contributed by atoms with Crippen molar-refractivity contribution in [2.45, 2.75) is 0 Å². The molecule has 0 aliphatic rings. The Balaban J connectivity index is 2.19. The Hall–Kier alpha value is -1.98. The van der Waals surface area contributed by atoms with Gasteiger partial charge in [0.25, 0.3) is 5.91 Å². The molecule has 0 radical (unpaired) electrons. The Morgan fingerprint density at radius 1 is 1.21 bits per heavy atom. The number of halogens is 2. The van der Waals surface area contributed by atoms with E-state index in [1.54, 1.807) is 18.2 Å². The summed E-state index contributed by atoms with van der Waals surface area (Å²) >= 11 is 11.5. The smallest absolute Gasteiger partial charge is 0.272 e. The molecular formula is C12H9Cl2N3O2. The van der Waals surface area contributed by atoms with E-state index in [1.807, 2.05) is 0 Å². The van der Waals surface area contributed by atoms with Crippen molar-refractivity contribution in [2.24, 2.45) is 5.73 Å². The van der Waals surface area contributed by atoms with E-state index in [4.69, 9.17) is 28.9 Å². The van der Waals surface area contributed by atoms with Crippen LogP contribution in [0.2, 0.25) is 10.2 Å². The minimum absolute atomic E-state index is 0.192. The molecule has 0 saturated heterocycles. The fourth-order valence-corrected chi connectivity index (χ4v) is 1.79. The number of benzene rings is 1. The first-order valence-corrected chi connectivity index (χ1v) is 5.98. The third-order valence-electron chi connectivity index (χ3n) is 2.37. The maximum absolute atomic E-state index is 11.9. The highest BCUT2D eigenvalue weighted by molar-refractivity contribution is 6.41. The summed E-state index contributed by atoms with van der Waals surface area (Å²) in [6, 6.07) is 7.70. The number of aromatic nitrogens is 1. The van der Waals surface area contributed by atoms with E-state index >= 15 is 0 Å². The minimum Gasteiger partial charge on any atom is -0.366 e. The van der Waals surface area contributed by atoms with Gasteiger partial charge in [0, 0.05) is 11.3 Å². The number of primary amides is 1. The molecule has 0 spiro atoms. The van der Waals surface area contributed by atoms with Gasteiger partial charge in [-0.25, -0.2) is 0 Å². The molecule has 2 rings (SSSR count). The highest BCUT2D eigenvalue weighted by Crippen LogP contribution is 2.22. The molecule has 0 bridgehead atoms. The number of anilines is 1. The predicted molar refractivity (Wildman–Crippen MR) is 73.7 cm³/mol. The number of hydrogen-bond donors (Lipinski definition) is 3. The molecule has 0 aliphatic heterocycles. The maximum atomic E-state index is 11.9. The van der Waals surface area contributed by atoms with Gasteiger partial charge in [-0.3, -0.25) is 9.59 Å². The number of rotatable bonds is 3. The largest absolute Gasteiger partial charge is 0.366 e. The van der Waals surface area contributed by atoms with E-state index in [9.17, 15) is 9.59 Å². The summed E-state index contributed by atoms with van der Waals surface area (Å²) in [5.41, 5.74) is 6.13. The summed E-state index contributed by atoms with van der Waals surface area (Å²) in [4.78, 5) is 25.5. The van der Waals surface area contributed by atoms with Crippen LogP contribution in [0, 0.1) is 0 Å². The molecule has 0 atom stereocenters. The molecule has 98 valence electrons. The van der Waals surface area contributed by atoms with Gasteiger partial charge in [0.1, 0.15) is 10.8 Å². The summed E-state index contributed by atoms with van der Waals surface area (Å²) in [6.45, 7) is 0. The molecule has 19 heavy (non-hydrogen) atoms. The molecule has 0 saturated carbocycles. The Kier molecular flexibility index (Phi) is 3.78. The molecule has 7 heteroatoms. The maximum Gasteiger partial charge on any atom is 0.272 e. The average Bonchev–Trinajstić information content (AvgIpc) is 2.70. The van der Waals surface area contributed by atoms with Crippen LogP contribution in [0.15, 0.2) is 30.3 Å². The second-order valence-corrected chi connectivity index (χ2v) is 4.53. The number of hydrogen-bond acceptors (Lipinski definition) is 2. The summed E-state index contributed by atoms with van der Waals surface area (Å²) in [7, 11) is 0. The second-order valence-electron chi connectivity index (χ2n) is 3.74. The lowest BCUT2D eigenvalue weighted by atomic mass is 10.2. The van der Waals surface area contributed by atoms with Crippen LogP contribution in [0.3, 0.4) is 0 Å². The van der Waals surface area contributed by atoms with Crippen molar-refractivity contribution in [2.75, 3.05) is 5.32 Å². The zero-order valence-corrected chi connectivity index (χ0v) is 11.0. The summed E-state index contributed by atoms with van der Waals surface area (Å²) < 4.78 is 0. The van der Waals surface area contributed by atoms with Crippen molar-refractivity contribution in [1.82, 2.24) is 4.98 Å². The number of H-pyrrole nitrogens is 1. The Labute approximate surface area is 118 Å². The van der Waals surface area contributed by atoms with E-state index in [0.29, 0.717) is 11.3 Å². The molecule has 2 aromatic rings. The van der Waals surface area contributed by atoms with Gasteiger partial charge in [-0.2, -0.15) is 0 Å². The van der Waals surface area contributed by atoms with Crippen LogP contribution in [0.4, 0.5) is 5.69 Å². The highest BCUT2D eigenvalue weighted by atomic mass is 35.5. The normalized spacial score (nSPS) is 10.2. The molecule has 2 amide bonds. The van der Waals surface area contributed by atoms with E-state index in [-0.39, 0.29) is 15.9 Å². The van der Waals surface area contributed by atoms with E-state index in [2.05, 4.69) is 10.3 Å². The van der Waals surface area contributed by atoms with Gasteiger partial charge < -0.3 is 16.0 Å². The van der Waals surface area contributed by atoms with Crippen molar-refractivity contribution >= 4 is 40.7 Å². The third-order valence-corrected chi connectivity index (χ3v) is 3.07. The lowest BCUT2D eigenvalue weighted by molar-refractivity contribution is 0.0995. The monoisotopic (exact) mass is 297 g/mol. The fraction of sp³-hybridized carbons (Fsp3) is 0. The molecule has 0 aliphatic carbocycles. The molecular weight excluding hydrogens is 289 g/mol. The van der Waals surface area contributed by atoms with E-state index in [0.717, 1.165) is 0 Å². The van der Waals surface area contributed by atoms with Crippen molar-refractivity contribution in [3.05, 3.63) is 51.8 Å². The lowest BCUT2D eigenvalue weighted by Gasteiger charge is -2.04. The van der Waals surface area contributed by atoms with Gasteiger partial charge in [-0.15, -0.1) is 0 Å². The number of nitrogens with two attached hydrogens (primary N) is 1. The lowest BCUT2D eigenvalue weighted by Crippen LogP contribution is -2.14. The van der Waals surface area contributed by atoms with Gasteiger partial charge in [0.05, 0.1) is 5.02 Å². The topological polar surface area (TPSA) is 88.0 Å². The summed E-state index contributed by atoms with van der Waals surface area (Å²) in [6.07, 6.45) is 0. The van der Waals surface area contributed by atoms with Crippen molar-refractivity contribution < 1.29 is 9.59 Å². The molecule has 1 aromatic carbocycles. The van der Waals surface area contributed by atoms with Crippen LogP contribution in [-0.4, -0.2) is 16.8 Å². The van der Waals surface area contributed by atoms with Gasteiger partial charge in [0.2, 0.25) is 5.91 Å². The molecule has 5 nitrogen and oxygen atoms in total. The predicted octanol–water partition coefficient (Wildman–Crippen LogP) is 2.67. The van der Waals surface area contributed by atoms with Gasteiger partial charge >= 0.3 is 0 Å². The molecule has 0 fully saturated rings. The molecule has 1 aromatic heterocycles. The highest BCUT2D eigenvalue weighted by Gasteiger charge is 2.12. The molecule has 4 N–H and O–H groups in total. The van der Waals surface area contributed by atoms with Gasteiger partial charge in [-0.05, 0) is 24.3 Å². The van der Waals surface area contributed by atoms with Crippen LogP contribution in [-0.2, 0) is 0 Å². The number of aromatic amines is 1. The Bertz CT molecular complexity index is 633. The van der Waals surface area contributed by atoms with E-state index < -0.39 is 11.8 Å². The van der Waals surface area contributed by atoms with Crippen LogP contribution < -0.4 is 11.1 Å². The number of carbonyl (C=O) groups is 2. The van der Waals surface area contributed by atoms with Crippen molar-refractivity contribution in [3.8, 4) is 0 Å². The number of amides is 2. The first-order valence-electron chi connectivity index (χ1n) is 5.22. The first kappa shape index (κ1) is 13.5. The van der Waals surface area contributed by atoms with Crippen LogP contribution >= 0.6 is 23.2 Å². The molecule has 1 heterocycles. The summed E-state index contributed by atoms with van der Waals surface area (Å²) in [5, 5.41) is 3.05. The first-order chi connectivity index (χ1) is 8.97. The van der Waals surface area contributed by atoms with Crippen molar-refractivity contribution in [3.63, 3.8) is 0 Å². The van der Waals surface area contributed by atoms with Crippen molar-refractivity contribution in [1.29, 1.82) is 0 Å². The number of nitrogens with one attached hydrogen (secondary N) is 2. The standard InChI is InChI=1S/C12H9Cl2N3O2/c13-8-5-9(17-10(8)14)12(19)16-7-3-1-2-6(4-7)11(15)18/h1-5,17H,(H2,15,18)(H,16,19). The average molecular weight is 298 g/mol. The van der Waals surface area contributed by atoms with Crippen LogP contribution in [0.25, 0.3) is 0 Å². The fourth-order valence-electron chi connectivity index (χ4n) is 1.48. The van der Waals surface area contributed by atoms with Gasteiger partial charge in [-0.1, -0.05) is 29.3 Å². The zero-order chi connectivity index (χ0) is 14.0. The third kappa shape index (κ3) is 3.07. The second kappa shape index (κ2) is 5.34. The minimum atomic E-state index is -0.568. The quantitative estimate of drug-likeness (QED) is 0.813. The van der Waals surface area contributed by atoms with Gasteiger partial charge in [0.15, 0.2) is 0 Å². The summed E-state index contributed by atoms with van der Waals surface area (Å²) in [5.74, 6) is -0.988. The number of carbonyl (C=O) groups excluding carboxylic acids is 2.